The molecule has 8 bridgehead atoms. The first kappa shape index (κ1) is 34.8. The van der Waals surface area contributed by atoms with Crippen molar-refractivity contribution in [1.29, 1.82) is 0 Å². The van der Waals surface area contributed by atoms with Crippen LogP contribution in [0.15, 0.2) is 48.6 Å². The van der Waals surface area contributed by atoms with Crippen molar-refractivity contribution in [3.8, 4) is 0 Å². The number of carbonyl (C=O) groups excluding carboxylic acids is 1. The molecule has 0 radical (unpaired) electrons. The van der Waals surface area contributed by atoms with E-state index in [0.717, 1.165) is 38.9 Å². The summed E-state index contributed by atoms with van der Waals surface area (Å²) in [4.78, 5) is 66.2. The van der Waals surface area contributed by atoms with Crippen LogP contribution >= 0.6 is 0 Å². The number of aliphatic carboxylic acids is 3. The largest absolute Gasteiger partial charge is 0.481 e. The Bertz CT molecular complexity index is 2340. The average molecular weight is 691 g/mol. The number of carboxylic acids is 3. The normalized spacial score (nSPS) is 18.1. The van der Waals surface area contributed by atoms with Gasteiger partial charge in [-0.25, -0.2) is 9.78 Å². The van der Waals surface area contributed by atoms with Gasteiger partial charge in [-0.05, 0) is 98.2 Å². The van der Waals surface area contributed by atoms with Crippen molar-refractivity contribution in [3.05, 3.63) is 93.6 Å². The van der Waals surface area contributed by atoms with E-state index in [2.05, 4.69) is 16.5 Å². The number of aromatic nitrogens is 4. The Morgan fingerprint density at radius 1 is 0.843 bits per heavy atom. The van der Waals surface area contributed by atoms with E-state index < -0.39 is 35.2 Å². The Labute approximate surface area is 292 Å². The molecule has 0 fully saturated rings. The van der Waals surface area contributed by atoms with Gasteiger partial charge >= 0.3 is 23.9 Å². The average Bonchev–Trinajstić information content (AvgIpc) is 3.73. The Morgan fingerprint density at radius 2 is 1.47 bits per heavy atom. The fourth-order valence-electron chi connectivity index (χ4n) is 7.48. The molecule has 12 heteroatoms. The highest BCUT2D eigenvalue weighted by molar-refractivity contribution is 6.01. The molecule has 0 amide bonds. The van der Waals surface area contributed by atoms with Crippen molar-refractivity contribution in [1.82, 2.24) is 19.9 Å². The van der Waals surface area contributed by atoms with Crippen LogP contribution in [0.5, 0.6) is 0 Å². The lowest BCUT2D eigenvalue weighted by atomic mass is 9.64. The third-order valence-corrected chi connectivity index (χ3v) is 10.3. The van der Waals surface area contributed by atoms with E-state index in [1.54, 1.807) is 25.1 Å². The topological polar surface area (TPSA) is 196 Å². The van der Waals surface area contributed by atoms with E-state index >= 15 is 0 Å². The number of H-pyrrole nitrogens is 2. The van der Waals surface area contributed by atoms with Gasteiger partial charge in [-0.3, -0.25) is 19.4 Å². The van der Waals surface area contributed by atoms with Crippen LogP contribution in [-0.4, -0.2) is 66.2 Å². The molecule has 6 rings (SSSR count). The van der Waals surface area contributed by atoms with Crippen molar-refractivity contribution in [2.45, 2.75) is 58.8 Å². The molecular weight excluding hydrogens is 652 g/mol. The summed E-state index contributed by atoms with van der Waals surface area (Å²) in [5.74, 6) is -5.09. The number of allylic oxidation sites excluding steroid dienone is 5. The molecule has 5 N–H and O–H groups in total. The van der Waals surface area contributed by atoms with Gasteiger partial charge in [0, 0.05) is 40.5 Å². The Balaban J connectivity index is 1.78. The molecule has 0 spiro atoms. The number of carboxylic acid groups (broad SMARTS) is 3. The van der Waals surface area contributed by atoms with Crippen LogP contribution in [0.4, 0.5) is 0 Å². The maximum Gasteiger partial charge on any atom is 0.332 e. The summed E-state index contributed by atoms with van der Waals surface area (Å²) in [5, 5.41) is 29.3. The fourth-order valence-corrected chi connectivity index (χ4v) is 7.48. The highest BCUT2D eigenvalue weighted by atomic mass is 16.5. The fraction of sp³-hybridized carbons (Fsp3) is 0.282. The molecule has 5 heterocycles. The first-order chi connectivity index (χ1) is 24.2. The smallest absolute Gasteiger partial charge is 0.332 e. The molecule has 3 aromatic rings. The Morgan fingerprint density at radius 3 is 2.12 bits per heavy atom. The highest BCUT2D eigenvalue weighted by Crippen LogP contribution is 2.52. The molecule has 12 nitrogen and oxygen atoms in total. The molecule has 2 aliphatic heterocycles. The van der Waals surface area contributed by atoms with E-state index in [9.17, 15) is 34.5 Å². The molecule has 51 heavy (non-hydrogen) atoms. The van der Waals surface area contributed by atoms with Crippen LogP contribution in [0.25, 0.3) is 44.9 Å². The van der Waals surface area contributed by atoms with Crippen LogP contribution in [-0.2, 0) is 35.8 Å². The summed E-state index contributed by atoms with van der Waals surface area (Å²) in [6, 6.07) is 7.33. The molecule has 3 aliphatic rings. The van der Waals surface area contributed by atoms with E-state index in [1.165, 1.54) is 13.2 Å². The zero-order chi connectivity index (χ0) is 36.9. The SMILES string of the molecule is C=Cc1c(C)c2cc3nc(cc4[nH]c(cc5nc(cc1[nH]2)C1(C)C5=CC=C(C(=O)O)C1C(=O)OC)c(C)c4CCC(=O)O)C(CCC(=O)O)=C3C. The summed E-state index contributed by atoms with van der Waals surface area (Å²) in [5.41, 5.74) is 8.66. The predicted octanol–water partition coefficient (Wildman–Crippen LogP) is 6.54. The minimum Gasteiger partial charge on any atom is -0.481 e. The molecule has 1 aliphatic carbocycles. The molecule has 2 atom stereocenters. The number of ether oxygens (including phenoxy) is 1. The quantitative estimate of drug-likeness (QED) is 0.154. The molecule has 3 aromatic heterocycles. The molecule has 0 aromatic carbocycles. The molecular formula is C39H38N4O8. The van der Waals surface area contributed by atoms with Gasteiger partial charge in [0.15, 0.2) is 0 Å². The van der Waals surface area contributed by atoms with Gasteiger partial charge in [-0.15, -0.1) is 0 Å². The number of aromatic amines is 2. The maximum atomic E-state index is 13.5. The van der Waals surface area contributed by atoms with E-state index in [1.807, 2.05) is 39.0 Å². The van der Waals surface area contributed by atoms with Crippen LogP contribution in [0, 0.1) is 19.8 Å². The second kappa shape index (κ2) is 13.0. The maximum absolute atomic E-state index is 13.5. The van der Waals surface area contributed by atoms with Gasteiger partial charge < -0.3 is 30.0 Å². The highest BCUT2D eigenvalue weighted by Gasteiger charge is 2.53. The number of hydrogen-bond donors (Lipinski definition) is 5. The Kier molecular flexibility index (Phi) is 8.88. The summed E-state index contributed by atoms with van der Waals surface area (Å²) in [6.45, 7) is 11.5. The van der Waals surface area contributed by atoms with Crippen LogP contribution in [0.2, 0.25) is 0 Å². The zero-order valence-electron chi connectivity index (χ0n) is 28.9. The number of nitrogens with zero attached hydrogens (tertiary/aromatic N) is 2. The van der Waals surface area contributed by atoms with Crippen molar-refractivity contribution >= 4 is 68.7 Å². The summed E-state index contributed by atoms with van der Waals surface area (Å²) < 4.78 is 5.18. The van der Waals surface area contributed by atoms with Crippen molar-refractivity contribution < 1.29 is 39.2 Å². The number of esters is 1. The van der Waals surface area contributed by atoms with E-state index in [-0.39, 0.29) is 31.3 Å². The number of rotatable bonds is 9. The lowest BCUT2D eigenvalue weighted by Crippen LogP contribution is -2.42. The number of carbonyl (C=O) groups is 4. The number of hydrogen-bond acceptors (Lipinski definition) is 7. The first-order valence-corrected chi connectivity index (χ1v) is 16.4. The number of fused-ring (bicyclic) bond motifs is 11. The van der Waals surface area contributed by atoms with Gasteiger partial charge in [0.1, 0.15) is 5.92 Å². The second-order valence-electron chi connectivity index (χ2n) is 13.2. The first-order valence-electron chi connectivity index (χ1n) is 16.4. The summed E-state index contributed by atoms with van der Waals surface area (Å²) in [6.07, 6.45) is 5.02. The van der Waals surface area contributed by atoms with Gasteiger partial charge in [-0.1, -0.05) is 24.8 Å². The summed E-state index contributed by atoms with van der Waals surface area (Å²) >= 11 is 0. The third-order valence-electron chi connectivity index (χ3n) is 10.3. The van der Waals surface area contributed by atoms with Crippen molar-refractivity contribution in [3.63, 3.8) is 0 Å². The zero-order valence-corrected chi connectivity index (χ0v) is 28.9. The molecule has 262 valence electrons. The lowest BCUT2D eigenvalue weighted by Gasteiger charge is -2.36. The van der Waals surface area contributed by atoms with Crippen molar-refractivity contribution in [2.75, 3.05) is 7.11 Å². The van der Waals surface area contributed by atoms with Gasteiger partial charge in [0.25, 0.3) is 0 Å². The molecule has 2 unspecified atom stereocenters. The standard InChI is InChI=1S/C39H38N4O8/c1-7-21-18(2)26-14-27-19(3)22(9-12-34(44)45)29(40-27)16-30-23(10-13-35(46)47)20(4)28(41-30)15-32-25-11-8-24(37(48)49)36(38(50)51-6)39(25,5)33(43-32)17-31(21)42-26/h7-8,11,14-17,36,41-42H,1,9-10,12-13H2,2-6H3,(H,44,45)(H,46,47)(H,48,49). The number of methoxy groups -OCH3 is 1. The van der Waals surface area contributed by atoms with Gasteiger partial charge in [0.2, 0.25) is 0 Å². The predicted molar refractivity (Wildman–Crippen MR) is 192 cm³/mol. The van der Waals surface area contributed by atoms with Gasteiger partial charge in [-0.2, -0.15) is 0 Å². The van der Waals surface area contributed by atoms with Gasteiger partial charge in [0.05, 0.1) is 40.9 Å². The minimum atomic E-state index is -1.25. The van der Waals surface area contributed by atoms with E-state index in [0.29, 0.717) is 44.9 Å². The monoisotopic (exact) mass is 690 g/mol. The van der Waals surface area contributed by atoms with Crippen LogP contribution in [0.3, 0.4) is 0 Å². The number of nitrogens with one attached hydrogen (secondary N) is 2. The third kappa shape index (κ3) is 5.86. The lowest BCUT2D eigenvalue weighted by molar-refractivity contribution is -0.148. The molecule has 0 saturated carbocycles. The Hall–Kier alpha value is -6.04. The minimum absolute atomic E-state index is 0.0976. The summed E-state index contributed by atoms with van der Waals surface area (Å²) in [7, 11) is 1.22. The van der Waals surface area contributed by atoms with Crippen LogP contribution < -0.4 is 0 Å². The van der Waals surface area contributed by atoms with E-state index in [4.69, 9.17) is 14.7 Å². The number of aryl methyl sites for hydroxylation is 3. The van der Waals surface area contributed by atoms with Crippen LogP contribution in [0.1, 0.15) is 78.1 Å². The molecule has 0 saturated heterocycles. The second-order valence-corrected chi connectivity index (χ2v) is 13.2. The van der Waals surface area contributed by atoms with Crippen molar-refractivity contribution in [2.24, 2.45) is 5.92 Å².